The van der Waals surface area contributed by atoms with Crippen LogP contribution in [-0.2, 0) is 20.8 Å². The van der Waals surface area contributed by atoms with E-state index in [1.807, 2.05) is 18.2 Å². The van der Waals surface area contributed by atoms with E-state index in [2.05, 4.69) is 38.7 Å². The molecule has 0 bridgehead atoms. The fraction of sp³-hybridized carbons (Fsp3) is 0.647. The van der Waals surface area contributed by atoms with Gasteiger partial charge >= 0.3 is 0 Å². The van der Waals surface area contributed by atoms with Gasteiger partial charge in [0.1, 0.15) is 6.79 Å². The Morgan fingerprint density at radius 1 is 1.05 bits per heavy atom. The van der Waals surface area contributed by atoms with Crippen molar-refractivity contribution >= 4 is 8.07 Å². The largest absolute Gasteiger partial charge is 0.374 e. The van der Waals surface area contributed by atoms with Crippen LogP contribution >= 0.6 is 0 Å². The lowest BCUT2D eigenvalue weighted by molar-refractivity contribution is -0.110. The zero-order chi connectivity index (χ0) is 15.6. The third kappa shape index (κ3) is 9.80. The average Bonchev–Trinajstić information content (AvgIpc) is 2.45. The maximum Gasteiger partial charge on any atom is 0.147 e. The van der Waals surface area contributed by atoms with Gasteiger partial charge in [-0.1, -0.05) is 56.9 Å². The molecule has 3 nitrogen and oxygen atoms in total. The Morgan fingerprint density at radius 3 is 2.38 bits per heavy atom. The molecule has 0 aromatic heterocycles. The molecule has 0 heterocycles. The molecule has 120 valence electrons. The summed E-state index contributed by atoms with van der Waals surface area (Å²) >= 11 is 0. The fourth-order valence-corrected chi connectivity index (χ4v) is 2.50. The normalized spacial score (nSPS) is 13.3. The van der Waals surface area contributed by atoms with E-state index in [1.54, 1.807) is 0 Å². The smallest absolute Gasteiger partial charge is 0.147 e. The maximum atomic E-state index is 5.71. The number of benzene rings is 1. The predicted octanol–water partition coefficient (Wildman–Crippen LogP) is 4.31. The van der Waals surface area contributed by atoms with E-state index >= 15 is 0 Å². The van der Waals surface area contributed by atoms with Gasteiger partial charge in [-0.25, -0.2) is 0 Å². The summed E-state index contributed by atoms with van der Waals surface area (Å²) in [7, 11) is -1.01. The summed E-state index contributed by atoms with van der Waals surface area (Å²) in [4.78, 5) is 0. The van der Waals surface area contributed by atoms with E-state index in [0.29, 0.717) is 20.0 Å². The molecule has 1 aromatic rings. The molecule has 1 aromatic carbocycles. The van der Waals surface area contributed by atoms with Crippen molar-refractivity contribution < 1.29 is 14.2 Å². The van der Waals surface area contributed by atoms with Crippen LogP contribution in [0.15, 0.2) is 30.3 Å². The quantitative estimate of drug-likeness (QED) is 0.346. The summed E-state index contributed by atoms with van der Waals surface area (Å²) in [5, 5.41) is 0. The minimum atomic E-state index is -1.01. The molecule has 0 fully saturated rings. The van der Waals surface area contributed by atoms with Crippen molar-refractivity contribution in [1.82, 2.24) is 0 Å². The monoisotopic (exact) mass is 310 g/mol. The van der Waals surface area contributed by atoms with Gasteiger partial charge in [0.2, 0.25) is 0 Å². The lowest BCUT2D eigenvalue weighted by atomic mass is 10.2. The molecule has 0 radical (unpaired) electrons. The van der Waals surface area contributed by atoms with Crippen LogP contribution < -0.4 is 0 Å². The Bertz CT molecular complexity index is 362. The van der Waals surface area contributed by atoms with Gasteiger partial charge in [-0.2, -0.15) is 0 Å². The number of hydrogen-bond donors (Lipinski definition) is 0. The van der Waals surface area contributed by atoms with Crippen molar-refractivity contribution in [3.05, 3.63) is 35.9 Å². The van der Waals surface area contributed by atoms with Crippen molar-refractivity contribution in [1.29, 1.82) is 0 Å². The van der Waals surface area contributed by atoms with E-state index in [1.165, 1.54) is 11.6 Å². The predicted molar refractivity (Wildman–Crippen MR) is 90.2 cm³/mol. The van der Waals surface area contributed by atoms with Gasteiger partial charge < -0.3 is 14.2 Å². The van der Waals surface area contributed by atoms with Crippen LogP contribution in [0.4, 0.5) is 0 Å². The first-order chi connectivity index (χ1) is 10.0. The summed E-state index contributed by atoms with van der Waals surface area (Å²) < 4.78 is 17.0. The number of ether oxygens (including phenoxy) is 3. The van der Waals surface area contributed by atoms with E-state index in [-0.39, 0.29) is 6.10 Å². The van der Waals surface area contributed by atoms with Gasteiger partial charge in [0.05, 0.1) is 19.3 Å². The molecule has 0 N–H and O–H groups in total. The highest BCUT2D eigenvalue weighted by Gasteiger charge is 2.12. The summed E-state index contributed by atoms with van der Waals surface area (Å²) in [5.74, 6) is 0. The second-order valence-corrected chi connectivity index (χ2v) is 12.2. The average molecular weight is 311 g/mol. The Balaban J connectivity index is 2.09. The summed E-state index contributed by atoms with van der Waals surface area (Å²) in [6.45, 7) is 11.6. The molecule has 0 saturated carbocycles. The van der Waals surface area contributed by atoms with Crippen molar-refractivity contribution in [3.63, 3.8) is 0 Å². The standard InChI is InChI=1S/C17H30O3Si/c1-5-17(20-15-18-11-12-21(2,3)4)14-19-13-16-9-7-6-8-10-16/h6-10,17H,5,11-15H2,1-4H3/t17-/m0/s1. The zero-order valence-corrected chi connectivity index (χ0v) is 14.9. The van der Waals surface area contributed by atoms with Crippen LogP contribution in [0.25, 0.3) is 0 Å². The van der Waals surface area contributed by atoms with Crippen LogP contribution in [0.5, 0.6) is 0 Å². The molecule has 0 saturated heterocycles. The fourth-order valence-electron chi connectivity index (χ4n) is 1.75. The third-order valence-corrected chi connectivity index (χ3v) is 4.96. The summed E-state index contributed by atoms with van der Waals surface area (Å²) in [5.41, 5.74) is 1.19. The van der Waals surface area contributed by atoms with E-state index < -0.39 is 8.07 Å². The van der Waals surface area contributed by atoms with Gasteiger partial charge in [-0.3, -0.25) is 0 Å². The van der Waals surface area contributed by atoms with Gasteiger partial charge in [-0.15, -0.1) is 0 Å². The summed E-state index contributed by atoms with van der Waals surface area (Å²) in [6.07, 6.45) is 1.05. The second kappa shape index (κ2) is 10.1. The Labute approximate surface area is 130 Å². The van der Waals surface area contributed by atoms with E-state index in [0.717, 1.165) is 13.0 Å². The summed E-state index contributed by atoms with van der Waals surface area (Å²) in [6, 6.07) is 11.4. The Hall–Kier alpha value is -0.683. The number of hydrogen-bond acceptors (Lipinski definition) is 3. The highest BCUT2D eigenvalue weighted by atomic mass is 28.3. The SMILES string of the molecule is CC[C@@H](COCc1ccccc1)OCOCC[Si](C)(C)C. The zero-order valence-electron chi connectivity index (χ0n) is 13.9. The highest BCUT2D eigenvalue weighted by Crippen LogP contribution is 2.08. The first-order valence-electron chi connectivity index (χ1n) is 7.82. The van der Waals surface area contributed by atoms with E-state index in [4.69, 9.17) is 14.2 Å². The molecule has 0 amide bonds. The van der Waals surface area contributed by atoms with Gasteiger partial charge in [0, 0.05) is 14.7 Å². The minimum Gasteiger partial charge on any atom is -0.374 e. The molecular weight excluding hydrogens is 280 g/mol. The van der Waals surface area contributed by atoms with E-state index in [9.17, 15) is 0 Å². The lowest BCUT2D eigenvalue weighted by Crippen LogP contribution is -2.24. The molecule has 1 rings (SSSR count). The minimum absolute atomic E-state index is 0.112. The molecule has 0 unspecified atom stereocenters. The molecule has 0 spiro atoms. The van der Waals surface area contributed by atoms with Crippen molar-refractivity contribution in [2.75, 3.05) is 20.0 Å². The molecule has 1 atom stereocenters. The first-order valence-corrected chi connectivity index (χ1v) is 11.5. The molecule has 4 heteroatoms. The van der Waals surface area contributed by atoms with Gasteiger partial charge in [-0.05, 0) is 18.0 Å². The second-order valence-electron chi connectivity index (χ2n) is 6.53. The third-order valence-electron chi connectivity index (χ3n) is 3.25. The van der Waals surface area contributed by atoms with Crippen LogP contribution in [-0.4, -0.2) is 34.2 Å². The lowest BCUT2D eigenvalue weighted by Gasteiger charge is -2.18. The molecule has 21 heavy (non-hydrogen) atoms. The van der Waals surface area contributed by atoms with Crippen LogP contribution in [0, 0.1) is 0 Å². The molecule has 0 aliphatic rings. The van der Waals surface area contributed by atoms with Crippen LogP contribution in [0.2, 0.25) is 25.7 Å². The Morgan fingerprint density at radius 2 is 1.76 bits per heavy atom. The maximum absolute atomic E-state index is 5.71. The van der Waals surface area contributed by atoms with Crippen molar-refractivity contribution in [2.24, 2.45) is 0 Å². The molecule has 0 aliphatic heterocycles. The topological polar surface area (TPSA) is 27.7 Å². The van der Waals surface area contributed by atoms with Crippen LogP contribution in [0.3, 0.4) is 0 Å². The Kier molecular flexibility index (Phi) is 8.84. The van der Waals surface area contributed by atoms with Gasteiger partial charge in [0.25, 0.3) is 0 Å². The first kappa shape index (κ1) is 18.4. The molecule has 0 aliphatic carbocycles. The molecular formula is C17H30O3Si. The van der Waals surface area contributed by atoms with Gasteiger partial charge in [0.15, 0.2) is 0 Å². The van der Waals surface area contributed by atoms with Crippen LogP contribution in [0.1, 0.15) is 18.9 Å². The highest BCUT2D eigenvalue weighted by molar-refractivity contribution is 6.76. The number of rotatable bonds is 11. The van der Waals surface area contributed by atoms with Crippen molar-refractivity contribution in [2.45, 2.75) is 51.7 Å². The van der Waals surface area contributed by atoms with Crippen molar-refractivity contribution in [3.8, 4) is 0 Å².